The summed E-state index contributed by atoms with van der Waals surface area (Å²) in [6, 6.07) is 14.1. The molecule has 0 bridgehead atoms. The van der Waals surface area contributed by atoms with E-state index >= 15 is 0 Å². The van der Waals surface area contributed by atoms with Crippen LogP contribution in [0.5, 0.6) is 0 Å². The highest BCUT2D eigenvalue weighted by Crippen LogP contribution is 2.44. The van der Waals surface area contributed by atoms with Gasteiger partial charge in [0.15, 0.2) is 0 Å². The number of fused-ring (bicyclic) bond motifs is 1. The van der Waals surface area contributed by atoms with Crippen molar-refractivity contribution in [3.63, 3.8) is 0 Å². The predicted molar refractivity (Wildman–Crippen MR) is 93.6 cm³/mol. The van der Waals surface area contributed by atoms with Gasteiger partial charge in [-0.1, -0.05) is 39.0 Å². The molecule has 3 nitrogen and oxygen atoms in total. The van der Waals surface area contributed by atoms with E-state index in [4.69, 9.17) is 0 Å². The normalized spacial score (nSPS) is 18.1. The van der Waals surface area contributed by atoms with Crippen LogP contribution in [0.1, 0.15) is 38.7 Å². The van der Waals surface area contributed by atoms with Gasteiger partial charge in [-0.2, -0.15) is 0 Å². The van der Waals surface area contributed by atoms with Crippen LogP contribution in [-0.2, 0) is 9.84 Å². The molecule has 0 aliphatic carbocycles. The van der Waals surface area contributed by atoms with Crippen LogP contribution in [0, 0.1) is 5.41 Å². The largest absolute Gasteiger partial charge is 0.385 e. The van der Waals surface area contributed by atoms with Crippen LogP contribution in [0.2, 0.25) is 0 Å². The molecule has 1 unspecified atom stereocenters. The molecule has 1 aliphatic heterocycles. The average molecular weight is 329 g/mol. The maximum Gasteiger partial charge on any atom is 0.206 e. The molecule has 2 aromatic rings. The maximum absolute atomic E-state index is 12.9. The Labute approximate surface area is 138 Å². The Bertz CT molecular complexity index is 805. The van der Waals surface area contributed by atoms with Gasteiger partial charge in [0.05, 0.1) is 9.79 Å². The molecule has 122 valence electrons. The van der Waals surface area contributed by atoms with Crippen LogP contribution in [0.4, 0.5) is 5.69 Å². The molecule has 0 spiro atoms. The maximum atomic E-state index is 12.9. The summed E-state index contributed by atoms with van der Waals surface area (Å²) in [6.45, 7) is 7.57. The molecule has 1 atom stereocenters. The smallest absolute Gasteiger partial charge is 0.206 e. The number of hydrogen-bond donors (Lipinski definition) is 1. The summed E-state index contributed by atoms with van der Waals surface area (Å²) in [5.74, 6) is 0.352. The minimum atomic E-state index is -3.47. The zero-order valence-electron chi connectivity index (χ0n) is 13.8. The van der Waals surface area contributed by atoms with Gasteiger partial charge in [0, 0.05) is 12.2 Å². The van der Waals surface area contributed by atoms with Crippen LogP contribution >= 0.6 is 0 Å². The summed E-state index contributed by atoms with van der Waals surface area (Å²) in [6.07, 6.45) is 1.02. The molecule has 23 heavy (non-hydrogen) atoms. The number of nitrogens with one attached hydrogen (secondary N) is 1. The van der Waals surface area contributed by atoms with Crippen molar-refractivity contribution in [2.75, 3.05) is 11.9 Å². The molecule has 0 radical (unpaired) electrons. The molecular weight excluding hydrogens is 306 g/mol. The molecule has 2 aromatic carbocycles. The van der Waals surface area contributed by atoms with Crippen molar-refractivity contribution in [1.29, 1.82) is 0 Å². The lowest BCUT2D eigenvalue weighted by Crippen LogP contribution is -2.26. The summed E-state index contributed by atoms with van der Waals surface area (Å²) in [5, 5.41) is 3.39. The van der Waals surface area contributed by atoms with Crippen LogP contribution < -0.4 is 5.32 Å². The second-order valence-corrected chi connectivity index (χ2v) is 9.15. The Hall–Kier alpha value is -1.81. The van der Waals surface area contributed by atoms with Gasteiger partial charge in [-0.25, -0.2) is 8.42 Å². The summed E-state index contributed by atoms with van der Waals surface area (Å²) in [7, 11) is -3.47. The summed E-state index contributed by atoms with van der Waals surface area (Å²) >= 11 is 0. The molecule has 0 aromatic heterocycles. The van der Waals surface area contributed by atoms with Crippen LogP contribution in [-0.4, -0.2) is 15.0 Å². The van der Waals surface area contributed by atoms with E-state index in [1.807, 2.05) is 18.2 Å². The van der Waals surface area contributed by atoms with E-state index < -0.39 is 9.84 Å². The van der Waals surface area contributed by atoms with Crippen molar-refractivity contribution in [2.45, 2.75) is 42.9 Å². The molecule has 4 heteroatoms. The van der Waals surface area contributed by atoms with Gasteiger partial charge in [-0.15, -0.1) is 0 Å². The number of benzene rings is 2. The first-order chi connectivity index (χ1) is 10.8. The topological polar surface area (TPSA) is 46.2 Å². The third-order valence-corrected chi connectivity index (χ3v) is 6.32. The molecule has 0 fully saturated rings. The third-order valence-electron chi connectivity index (χ3n) is 4.56. The first kappa shape index (κ1) is 16.1. The van der Waals surface area contributed by atoms with Gasteiger partial charge in [-0.05, 0) is 53.6 Å². The molecule has 1 aliphatic rings. The quantitative estimate of drug-likeness (QED) is 0.884. The Kier molecular flexibility index (Phi) is 3.96. The van der Waals surface area contributed by atoms with Crippen molar-refractivity contribution in [3.05, 3.63) is 54.1 Å². The summed E-state index contributed by atoms with van der Waals surface area (Å²) in [5.41, 5.74) is 2.27. The Morgan fingerprint density at radius 3 is 2.35 bits per heavy atom. The fraction of sp³-hybridized carbons (Fsp3) is 0.368. The molecule has 3 rings (SSSR count). The third kappa shape index (κ3) is 3.00. The van der Waals surface area contributed by atoms with Gasteiger partial charge < -0.3 is 5.32 Å². The minimum Gasteiger partial charge on any atom is -0.385 e. The Balaban J connectivity index is 2.10. The predicted octanol–water partition coefficient (Wildman–Crippen LogP) is 4.46. The number of hydrogen-bond acceptors (Lipinski definition) is 3. The van der Waals surface area contributed by atoms with E-state index in [-0.39, 0.29) is 5.41 Å². The molecule has 0 saturated carbocycles. The zero-order chi connectivity index (χ0) is 16.7. The molecule has 1 heterocycles. The molecule has 1 N–H and O–H groups in total. The Morgan fingerprint density at radius 1 is 1.00 bits per heavy atom. The standard InChI is InChI=1S/C19H23NO2S/c1-19(2,3)17-11-12-20-18-10-9-15(13-16(17)18)23(21,22)14-7-5-4-6-8-14/h4-10,13,17,20H,11-12H2,1-3H3. The van der Waals surface area contributed by atoms with Gasteiger partial charge in [0.25, 0.3) is 0 Å². The van der Waals surface area contributed by atoms with E-state index in [9.17, 15) is 8.42 Å². The van der Waals surface area contributed by atoms with Crippen molar-refractivity contribution in [1.82, 2.24) is 0 Å². The fourth-order valence-corrected chi connectivity index (χ4v) is 4.62. The Morgan fingerprint density at radius 2 is 1.70 bits per heavy atom. The van der Waals surface area contributed by atoms with Crippen molar-refractivity contribution in [3.8, 4) is 0 Å². The van der Waals surface area contributed by atoms with E-state index in [1.165, 1.54) is 0 Å². The lowest BCUT2D eigenvalue weighted by molar-refractivity contribution is 0.305. The molecular formula is C19H23NO2S. The van der Waals surface area contributed by atoms with Crippen molar-refractivity contribution >= 4 is 15.5 Å². The highest BCUT2D eigenvalue weighted by atomic mass is 32.2. The number of rotatable bonds is 2. The molecule has 0 amide bonds. The molecule has 0 saturated heterocycles. The minimum absolute atomic E-state index is 0.103. The second kappa shape index (κ2) is 5.68. The first-order valence-corrected chi connectivity index (χ1v) is 9.46. The highest BCUT2D eigenvalue weighted by Gasteiger charge is 2.31. The van der Waals surface area contributed by atoms with Crippen LogP contribution in [0.3, 0.4) is 0 Å². The summed E-state index contributed by atoms with van der Waals surface area (Å²) < 4.78 is 25.7. The fourth-order valence-electron chi connectivity index (χ4n) is 3.30. The average Bonchev–Trinajstić information content (AvgIpc) is 2.53. The monoisotopic (exact) mass is 329 g/mol. The van der Waals surface area contributed by atoms with Gasteiger partial charge in [0.2, 0.25) is 9.84 Å². The lowest BCUT2D eigenvalue weighted by atomic mass is 9.73. The van der Waals surface area contributed by atoms with Gasteiger partial charge in [-0.3, -0.25) is 0 Å². The summed E-state index contributed by atoms with van der Waals surface area (Å²) in [4.78, 5) is 0.719. The zero-order valence-corrected chi connectivity index (χ0v) is 14.7. The van der Waals surface area contributed by atoms with Gasteiger partial charge in [0.1, 0.15) is 0 Å². The number of sulfone groups is 1. The highest BCUT2D eigenvalue weighted by molar-refractivity contribution is 7.91. The lowest BCUT2D eigenvalue weighted by Gasteiger charge is -2.36. The van der Waals surface area contributed by atoms with Crippen molar-refractivity contribution < 1.29 is 8.42 Å². The van der Waals surface area contributed by atoms with Crippen LogP contribution in [0.25, 0.3) is 0 Å². The number of anilines is 1. The van der Waals surface area contributed by atoms with E-state index in [0.717, 1.165) is 24.2 Å². The first-order valence-electron chi connectivity index (χ1n) is 7.98. The van der Waals surface area contributed by atoms with E-state index in [2.05, 4.69) is 26.1 Å². The van der Waals surface area contributed by atoms with Crippen molar-refractivity contribution in [2.24, 2.45) is 5.41 Å². The second-order valence-electron chi connectivity index (χ2n) is 7.20. The van der Waals surface area contributed by atoms with Gasteiger partial charge >= 0.3 is 0 Å². The van der Waals surface area contributed by atoms with E-state index in [0.29, 0.717) is 15.7 Å². The van der Waals surface area contributed by atoms with E-state index in [1.54, 1.807) is 30.3 Å². The SMILES string of the molecule is CC(C)(C)C1CCNc2ccc(S(=O)(=O)c3ccccc3)cc21. The van der Waals surface area contributed by atoms with Crippen LogP contribution in [0.15, 0.2) is 58.3 Å².